The van der Waals surface area contributed by atoms with Crippen molar-refractivity contribution in [3.63, 3.8) is 0 Å². The molecule has 2 atom stereocenters. The number of hydrogen-bond acceptors (Lipinski definition) is 7. The average molecular weight is 647 g/mol. The third-order valence-corrected chi connectivity index (χ3v) is 7.58. The number of halogens is 3. The highest BCUT2D eigenvalue weighted by molar-refractivity contribution is 6.32. The Morgan fingerprint density at radius 3 is 1.93 bits per heavy atom. The molecule has 224 valence electrons. The van der Waals surface area contributed by atoms with Crippen molar-refractivity contribution in [3.05, 3.63) is 92.4 Å². The molecule has 10 nitrogen and oxygen atoms in total. The molecule has 0 fully saturated rings. The van der Waals surface area contributed by atoms with Crippen molar-refractivity contribution in [2.45, 2.75) is 24.9 Å². The van der Waals surface area contributed by atoms with Crippen molar-refractivity contribution >= 4 is 69.4 Å². The Labute approximate surface area is 261 Å². The number of fused-ring (bicyclic) bond motifs is 1. The summed E-state index contributed by atoms with van der Waals surface area (Å²) in [6, 6.07) is 13.2. The lowest BCUT2D eigenvalue weighted by atomic mass is 10.0. The number of amides is 1. The number of aliphatic carboxylic acids is 1. The average Bonchev–Trinajstić information content (AvgIpc) is 2.97. The molecule has 2 unspecified atom stereocenters. The zero-order chi connectivity index (χ0) is 31.3. The van der Waals surface area contributed by atoms with Crippen LogP contribution in [0.5, 0.6) is 11.5 Å². The van der Waals surface area contributed by atoms with Crippen molar-refractivity contribution in [2.24, 2.45) is 0 Å². The smallest absolute Gasteiger partial charge is 0.339 e. The molecule has 0 bridgehead atoms. The van der Waals surface area contributed by atoms with E-state index in [0.717, 1.165) is 0 Å². The van der Waals surface area contributed by atoms with Gasteiger partial charge in [0.15, 0.2) is 0 Å². The molecule has 43 heavy (non-hydrogen) atoms. The van der Waals surface area contributed by atoms with Gasteiger partial charge in [-0.2, -0.15) is 0 Å². The molecule has 4 N–H and O–H groups in total. The van der Waals surface area contributed by atoms with Crippen LogP contribution in [-0.2, 0) is 22.4 Å². The van der Waals surface area contributed by atoms with Crippen LogP contribution in [0.2, 0.25) is 15.1 Å². The van der Waals surface area contributed by atoms with Crippen LogP contribution in [-0.4, -0.2) is 59.3 Å². The first kappa shape index (κ1) is 31.7. The van der Waals surface area contributed by atoms with Gasteiger partial charge in [0.1, 0.15) is 35.0 Å². The zero-order valence-electron chi connectivity index (χ0n) is 22.9. The monoisotopic (exact) mass is 645 g/mol. The summed E-state index contributed by atoms with van der Waals surface area (Å²) in [4.78, 5) is 42.6. The van der Waals surface area contributed by atoms with E-state index in [4.69, 9.17) is 44.3 Å². The molecular weight excluding hydrogens is 621 g/mol. The largest absolute Gasteiger partial charge is 0.497 e. The molecule has 1 aromatic heterocycles. The minimum atomic E-state index is -1.40. The molecule has 0 radical (unpaired) electrons. The molecular formula is C30H26Cl3N3O7. The van der Waals surface area contributed by atoms with Crippen molar-refractivity contribution in [1.82, 2.24) is 10.3 Å². The molecule has 4 rings (SSSR count). The number of benzene rings is 3. The van der Waals surface area contributed by atoms with Crippen molar-refractivity contribution < 1.29 is 34.1 Å². The van der Waals surface area contributed by atoms with E-state index in [1.807, 2.05) is 0 Å². The number of methoxy groups -OCH3 is 2. The number of nitrogens with one attached hydrogen (secondary N) is 2. The van der Waals surface area contributed by atoms with Crippen LogP contribution in [0.1, 0.15) is 21.5 Å². The van der Waals surface area contributed by atoms with Crippen LogP contribution < -0.4 is 20.1 Å². The van der Waals surface area contributed by atoms with Crippen molar-refractivity contribution in [1.29, 1.82) is 0 Å². The van der Waals surface area contributed by atoms with Crippen molar-refractivity contribution in [2.75, 3.05) is 19.5 Å². The molecule has 0 aliphatic heterocycles. The summed E-state index contributed by atoms with van der Waals surface area (Å²) in [5.74, 6) is -2.53. The van der Waals surface area contributed by atoms with Crippen molar-refractivity contribution in [3.8, 4) is 11.5 Å². The van der Waals surface area contributed by atoms with Crippen LogP contribution in [0, 0.1) is 0 Å². The Balaban J connectivity index is 1.72. The number of ether oxygens (including phenoxy) is 2. The number of aromatic carboxylic acids is 1. The summed E-state index contributed by atoms with van der Waals surface area (Å²) in [7, 11) is 2.94. The number of carboxylic acids is 2. The Morgan fingerprint density at radius 1 is 0.814 bits per heavy atom. The number of pyridine rings is 1. The lowest BCUT2D eigenvalue weighted by molar-refractivity contribution is -0.141. The van der Waals surface area contributed by atoms with E-state index in [0.29, 0.717) is 48.6 Å². The maximum atomic E-state index is 13.8. The van der Waals surface area contributed by atoms with E-state index >= 15 is 0 Å². The number of nitrogens with zero attached hydrogens (tertiary/aromatic N) is 1. The van der Waals surface area contributed by atoms with Gasteiger partial charge in [-0.15, -0.1) is 0 Å². The summed E-state index contributed by atoms with van der Waals surface area (Å²) >= 11 is 18.8. The Morgan fingerprint density at radius 2 is 1.40 bits per heavy atom. The number of aromatic nitrogens is 1. The van der Waals surface area contributed by atoms with E-state index in [2.05, 4.69) is 15.6 Å². The molecule has 3 aromatic carbocycles. The van der Waals surface area contributed by atoms with Gasteiger partial charge in [0.25, 0.3) is 0 Å². The van der Waals surface area contributed by atoms with Gasteiger partial charge in [0.2, 0.25) is 5.91 Å². The van der Waals surface area contributed by atoms with Crippen LogP contribution in [0.3, 0.4) is 0 Å². The topological polar surface area (TPSA) is 147 Å². The predicted molar refractivity (Wildman–Crippen MR) is 164 cm³/mol. The summed E-state index contributed by atoms with van der Waals surface area (Å²) in [6.07, 6.45) is -0.230. The molecule has 13 heteroatoms. The molecule has 0 aliphatic carbocycles. The fourth-order valence-electron chi connectivity index (χ4n) is 4.38. The van der Waals surface area contributed by atoms with Gasteiger partial charge in [-0.25, -0.2) is 14.6 Å². The standard InChI is InChI=1S/C30H26Cl3N3O7/c1-42-19-4-6-22(32)15(10-19)13-25(35-27-21(29(38)39)12-17-9-18(31)3-8-24(17)34-27)28(37)36-26(30(40)41)14-16-11-20(43-2)5-7-23(16)33/h3-12,25-26H,13-14H2,1-2H3,(H,34,35)(H,36,37)(H,38,39)(H,40,41). The van der Waals surface area contributed by atoms with E-state index in [1.54, 1.807) is 54.6 Å². The third-order valence-electron chi connectivity index (χ3n) is 6.60. The fourth-order valence-corrected chi connectivity index (χ4v) is 4.95. The number of carboxylic acid groups (broad SMARTS) is 2. The molecule has 0 aliphatic rings. The van der Waals surface area contributed by atoms with Crippen LogP contribution in [0.25, 0.3) is 10.9 Å². The van der Waals surface area contributed by atoms with Gasteiger partial charge in [-0.1, -0.05) is 34.8 Å². The van der Waals surface area contributed by atoms with E-state index < -0.39 is 29.9 Å². The Kier molecular flexibility index (Phi) is 10.2. The minimum Gasteiger partial charge on any atom is -0.497 e. The van der Waals surface area contributed by atoms with Crippen LogP contribution >= 0.6 is 34.8 Å². The lowest BCUT2D eigenvalue weighted by Gasteiger charge is -2.24. The highest BCUT2D eigenvalue weighted by Crippen LogP contribution is 2.28. The lowest BCUT2D eigenvalue weighted by Crippen LogP contribution is -2.49. The first-order valence-electron chi connectivity index (χ1n) is 12.8. The zero-order valence-corrected chi connectivity index (χ0v) is 25.1. The molecule has 0 spiro atoms. The number of hydrogen-bond donors (Lipinski definition) is 4. The predicted octanol–water partition coefficient (Wildman–Crippen LogP) is 5.75. The molecule has 0 saturated heterocycles. The Bertz CT molecular complexity index is 1700. The van der Waals surface area contributed by atoms with Gasteiger partial charge in [0.05, 0.1) is 19.7 Å². The number of carbonyl (C=O) groups is 3. The molecule has 1 heterocycles. The molecule has 1 amide bonds. The SMILES string of the molecule is COc1ccc(Cl)c(CC(NC(=O)C(Cc2cc(OC)ccc2Cl)Nc2nc3ccc(Cl)cc3cc2C(=O)O)C(=O)O)c1. The van der Waals surface area contributed by atoms with Gasteiger partial charge >= 0.3 is 11.9 Å². The summed E-state index contributed by atoms with van der Waals surface area (Å²) in [6.45, 7) is 0. The van der Waals surface area contributed by atoms with E-state index in [9.17, 15) is 24.6 Å². The highest BCUT2D eigenvalue weighted by Gasteiger charge is 2.29. The van der Waals surface area contributed by atoms with Gasteiger partial charge in [0, 0.05) is 33.3 Å². The van der Waals surface area contributed by atoms with E-state index in [-0.39, 0.29) is 24.2 Å². The number of carbonyl (C=O) groups excluding carboxylic acids is 1. The summed E-state index contributed by atoms with van der Waals surface area (Å²) < 4.78 is 10.5. The second-order valence-corrected chi connectivity index (χ2v) is 10.7. The van der Waals surface area contributed by atoms with Crippen LogP contribution in [0.4, 0.5) is 5.82 Å². The second kappa shape index (κ2) is 13.8. The first-order valence-corrected chi connectivity index (χ1v) is 13.9. The van der Waals surface area contributed by atoms with Gasteiger partial charge in [-0.3, -0.25) is 4.79 Å². The quantitative estimate of drug-likeness (QED) is 0.151. The van der Waals surface area contributed by atoms with E-state index in [1.165, 1.54) is 20.3 Å². The fraction of sp³-hybridized carbons (Fsp3) is 0.200. The second-order valence-electron chi connectivity index (χ2n) is 9.45. The minimum absolute atomic E-state index is 0.0759. The number of rotatable bonds is 12. The highest BCUT2D eigenvalue weighted by atomic mass is 35.5. The third kappa shape index (κ3) is 7.78. The molecule has 0 saturated carbocycles. The molecule has 4 aromatic rings. The number of anilines is 1. The summed E-state index contributed by atoms with van der Waals surface area (Å²) in [5, 5.41) is 26.9. The maximum absolute atomic E-state index is 13.8. The van der Waals surface area contributed by atoms with Gasteiger partial charge < -0.3 is 30.3 Å². The first-order chi connectivity index (χ1) is 20.5. The Hall–Kier alpha value is -4.25. The maximum Gasteiger partial charge on any atom is 0.339 e. The normalized spacial score (nSPS) is 12.3. The van der Waals surface area contributed by atoms with Crippen LogP contribution in [0.15, 0.2) is 60.7 Å². The van der Waals surface area contributed by atoms with Gasteiger partial charge in [-0.05, 0) is 71.8 Å². The summed E-state index contributed by atoms with van der Waals surface area (Å²) in [5.41, 5.74) is 1.13.